The van der Waals surface area contributed by atoms with E-state index in [1.165, 1.54) is 167 Å². The number of carbonyl (C=O) groups is 1. The number of aliphatic hydroxyl groups is 7. The minimum absolute atomic E-state index is 0.244. The molecule has 1 rings (SSSR count). The summed E-state index contributed by atoms with van der Waals surface area (Å²) >= 11 is 0. The second-order valence-corrected chi connectivity index (χ2v) is 19.7. The van der Waals surface area contributed by atoms with Crippen LogP contribution in [0.3, 0.4) is 0 Å². The van der Waals surface area contributed by atoms with Gasteiger partial charge >= 0.3 is 0 Å². The number of ether oxygens (including phenoxy) is 2. The van der Waals surface area contributed by atoms with Crippen molar-refractivity contribution in [3.05, 3.63) is 36.5 Å². The topological polar surface area (TPSA) is 189 Å². The molecule has 0 spiro atoms. The molecule has 1 fully saturated rings. The van der Waals surface area contributed by atoms with Gasteiger partial charge in [0.1, 0.15) is 36.6 Å². The molecule has 394 valence electrons. The largest absolute Gasteiger partial charge is 0.394 e. The number of unbranched alkanes of at least 4 members (excludes halogenated alkanes) is 30. The molecule has 1 aliphatic heterocycles. The van der Waals surface area contributed by atoms with Crippen molar-refractivity contribution in [2.75, 3.05) is 13.2 Å². The fourth-order valence-electron chi connectivity index (χ4n) is 8.93. The molecule has 0 bridgehead atoms. The molecule has 0 radical (unpaired) electrons. The predicted molar refractivity (Wildman–Crippen MR) is 275 cm³/mol. The van der Waals surface area contributed by atoms with Crippen molar-refractivity contribution in [2.45, 2.75) is 300 Å². The van der Waals surface area contributed by atoms with Gasteiger partial charge in [-0.05, 0) is 71.1 Å². The van der Waals surface area contributed by atoms with Crippen LogP contribution in [-0.2, 0) is 14.3 Å². The van der Waals surface area contributed by atoms with Crippen molar-refractivity contribution in [1.29, 1.82) is 0 Å². The third-order valence-corrected chi connectivity index (χ3v) is 13.5. The van der Waals surface area contributed by atoms with E-state index in [0.29, 0.717) is 19.3 Å². The lowest BCUT2D eigenvalue weighted by Crippen LogP contribution is -2.60. The molecule has 9 unspecified atom stereocenters. The highest BCUT2D eigenvalue weighted by Crippen LogP contribution is 2.23. The third-order valence-electron chi connectivity index (χ3n) is 13.5. The molecule has 1 amide bonds. The molecule has 0 aromatic rings. The number of carbonyl (C=O) groups excluding carboxylic acids is 1. The standard InChI is InChI=1S/C56H105NO10/c1-3-5-7-9-11-13-14-15-16-17-18-19-20-21-22-23-24-25-26-27-28-29-30-31-32-33-34-35-36-38-40-42-44-49(60)55(65)57-47(46-66-56-54(64)53(63)52(62)50(45-58)67-56)51(61)48(59)43-41-39-37-12-10-8-6-4-2/h4,6,12,21-22,37,47-54,56,58-64H,3,5,7-11,13-20,23-36,38-46H2,1-2H3,(H,57,65)/b6-4+,22-21-,37-12+. The Kier molecular flexibility index (Phi) is 43.0. The van der Waals surface area contributed by atoms with Crippen LogP contribution < -0.4 is 5.32 Å². The molecule has 67 heavy (non-hydrogen) atoms. The summed E-state index contributed by atoms with van der Waals surface area (Å²) in [5, 5.41) is 75.5. The van der Waals surface area contributed by atoms with Gasteiger partial charge in [0, 0.05) is 0 Å². The zero-order chi connectivity index (χ0) is 49.0. The van der Waals surface area contributed by atoms with Gasteiger partial charge in [-0.15, -0.1) is 0 Å². The number of rotatable bonds is 47. The SMILES string of the molecule is C/C=C/CC/C=C/CCCC(O)C(O)C(COC1OC(CO)C(O)C(O)C1O)NC(=O)C(O)CCCCCCCCCCCCCCCCCC/C=C\CCCCCCCCCCCCCC. The van der Waals surface area contributed by atoms with Gasteiger partial charge in [0.05, 0.1) is 25.4 Å². The quantitative estimate of drug-likeness (QED) is 0.0215. The summed E-state index contributed by atoms with van der Waals surface area (Å²) in [7, 11) is 0. The zero-order valence-electron chi connectivity index (χ0n) is 42.9. The van der Waals surface area contributed by atoms with Crippen LogP contribution >= 0.6 is 0 Å². The number of nitrogens with one attached hydrogen (secondary N) is 1. The normalized spacial score (nSPS) is 20.9. The van der Waals surface area contributed by atoms with Crippen LogP contribution in [0.15, 0.2) is 36.5 Å². The lowest BCUT2D eigenvalue weighted by atomic mass is 9.98. The molecule has 0 aliphatic carbocycles. The van der Waals surface area contributed by atoms with E-state index in [1.54, 1.807) is 0 Å². The first-order valence-electron chi connectivity index (χ1n) is 27.9. The number of hydrogen-bond donors (Lipinski definition) is 8. The molecule has 0 saturated carbocycles. The summed E-state index contributed by atoms with van der Waals surface area (Å²) in [6.45, 7) is 3.19. The molecular formula is C56H105NO10. The highest BCUT2D eigenvalue weighted by molar-refractivity contribution is 5.80. The molecule has 9 atom stereocenters. The van der Waals surface area contributed by atoms with Gasteiger partial charge in [-0.3, -0.25) is 4.79 Å². The maximum absolute atomic E-state index is 13.1. The van der Waals surface area contributed by atoms with E-state index in [9.17, 15) is 40.5 Å². The summed E-state index contributed by atoms with van der Waals surface area (Å²) in [4.78, 5) is 13.1. The van der Waals surface area contributed by atoms with Crippen LogP contribution in [0.1, 0.15) is 245 Å². The summed E-state index contributed by atoms with van der Waals surface area (Å²) in [6, 6.07) is -1.19. The Bertz CT molecular complexity index is 1180. The van der Waals surface area contributed by atoms with Crippen LogP contribution in [0.5, 0.6) is 0 Å². The van der Waals surface area contributed by atoms with Gasteiger partial charge in [-0.25, -0.2) is 0 Å². The van der Waals surface area contributed by atoms with Crippen LogP contribution in [0.2, 0.25) is 0 Å². The van der Waals surface area contributed by atoms with Crippen molar-refractivity contribution >= 4 is 5.91 Å². The van der Waals surface area contributed by atoms with Crippen molar-refractivity contribution in [1.82, 2.24) is 5.32 Å². The Morgan fingerprint density at radius 1 is 0.537 bits per heavy atom. The summed E-state index contributed by atoms with van der Waals surface area (Å²) in [6.07, 6.45) is 44.2. The van der Waals surface area contributed by atoms with Crippen LogP contribution in [0.25, 0.3) is 0 Å². The van der Waals surface area contributed by atoms with E-state index < -0.39 is 74.2 Å². The average Bonchev–Trinajstić information content (AvgIpc) is 3.33. The number of allylic oxidation sites excluding steroid dienone is 6. The van der Waals surface area contributed by atoms with Gasteiger partial charge in [-0.2, -0.15) is 0 Å². The van der Waals surface area contributed by atoms with Gasteiger partial charge in [0.2, 0.25) is 5.91 Å². The Balaban J connectivity index is 2.14. The second-order valence-electron chi connectivity index (χ2n) is 19.7. The van der Waals surface area contributed by atoms with Crippen LogP contribution in [0, 0.1) is 0 Å². The average molecular weight is 952 g/mol. The van der Waals surface area contributed by atoms with Crippen molar-refractivity contribution in [3.8, 4) is 0 Å². The van der Waals surface area contributed by atoms with E-state index in [2.05, 4.69) is 36.5 Å². The minimum Gasteiger partial charge on any atom is -0.394 e. The Morgan fingerprint density at radius 3 is 1.42 bits per heavy atom. The minimum atomic E-state index is -1.67. The molecular weight excluding hydrogens is 847 g/mol. The highest BCUT2D eigenvalue weighted by Gasteiger charge is 2.44. The summed E-state index contributed by atoms with van der Waals surface area (Å²) in [5.41, 5.74) is 0. The van der Waals surface area contributed by atoms with Crippen molar-refractivity contribution < 1.29 is 50.0 Å². The molecule has 1 saturated heterocycles. The van der Waals surface area contributed by atoms with Crippen LogP contribution in [-0.4, -0.2) is 110 Å². The number of hydrogen-bond acceptors (Lipinski definition) is 10. The van der Waals surface area contributed by atoms with Gasteiger partial charge in [0.25, 0.3) is 0 Å². The molecule has 1 aliphatic rings. The first kappa shape index (κ1) is 63.3. The molecule has 1 heterocycles. The lowest BCUT2D eigenvalue weighted by Gasteiger charge is -2.40. The van der Waals surface area contributed by atoms with Crippen molar-refractivity contribution in [3.63, 3.8) is 0 Å². The van der Waals surface area contributed by atoms with Gasteiger partial charge < -0.3 is 50.5 Å². The Labute approximate surface area is 409 Å². The summed E-state index contributed by atoms with van der Waals surface area (Å²) in [5.74, 6) is -0.712. The second kappa shape index (κ2) is 45.5. The van der Waals surface area contributed by atoms with Crippen molar-refractivity contribution in [2.24, 2.45) is 0 Å². The Morgan fingerprint density at radius 2 is 0.955 bits per heavy atom. The molecule has 11 nitrogen and oxygen atoms in total. The number of amides is 1. The number of aliphatic hydroxyl groups excluding tert-OH is 7. The molecule has 8 N–H and O–H groups in total. The van der Waals surface area contributed by atoms with E-state index >= 15 is 0 Å². The fraction of sp³-hybridized carbons (Fsp3) is 0.875. The van der Waals surface area contributed by atoms with Gasteiger partial charge in [0.15, 0.2) is 6.29 Å². The van der Waals surface area contributed by atoms with E-state index in [1.807, 2.05) is 19.1 Å². The third kappa shape index (κ3) is 34.3. The molecule has 0 aromatic carbocycles. The zero-order valence-corrected chi connectivity index (χ0v) is 42.9. The molecule has 0 aromatic heterocycles. The van der Waals surface area contributed by atoms with E-state index in [0.717, 1.165) is 32.1 Å². The smallest absolute Gasteiger partial charge is 0.249 e. The fourth-order valence-corrected chi connectivity index (χ4v) is 8.93. The summed E-state index contributed by atoms with van der Waals surface area (Å²) < 4.78 is 11.1. The van der Waals surface area contributed by atoms with E-state index in [4.69, 9.17) is 9.47 Å². The molecule has 11 heteroatoms. The highest BCUT2D eigenvalue weighted by atomic mass is 16.7. The monoisotopic (exact) mass is 952 g/mol. The first-order chi connectivity index (χ1) is 32.7. The van der Waals surface area contributed by atoms with Crippen LogP contribution in [0.4, 0.5) is 0 Å². The maximum atomic E-state index is 13.1. The first-order valence-corrected chi connectivity index (χ1v) is 27.9. The lowest BCUT2D eigenvalue weighted by molar-refractivity contribution is -0.303. The van der Waals surface area contributed by atoms with Gasteiger partial charge in [-0.1, -0.05) is 210 Å². The maximum Gasteiger partial charge on any atom is 0.249 e. The Hall–Kier alpha value is -1.67. The predicted octanol–water partition coefficient (Wildman–Crippen LogP) is 11.1. The van der Waals surface area contributed by atoms with E-state index in [-0.39, 0.29) is 12.8 Å².